The third-order valence-corrected chi connectivity index (χ3v) is 6.23. The Morgan fingerprint density at radius 1 is 1.10 bits per heavy atom. The minimum atomic E-state index is -3.46. The molecule has 2 atom stereocenters. The SMILES string of the molecule is CNC(C)c1ccc(S(=O)(=O)N(C)C(C)C(C)(C)C)cc1. The van der Waals surface area contributed by atoms with Crippen molar-refractivity contribution in [3.8, 4) is 0 Å². The third kappa shape index (κ3) is 4.05. The first-order valence-electron chi connectivity index (χ1n) is 7.27. The maximum atomic E-state index is 12.7. The number of nitrogens with zero attached hydrogens (tertiary/aromatic N) is 1. The molecule has 0 aromatic heterocycles. The van der Waals surface area contributed by atoms with Gasteiger partial charge in [-0.25, -0.2) is 8.42 Å². The fraction of sp³-hybridized carbons (Fsp3) is 0.625. The van der Waals surface area contributed by atoms with E-state index in [0.717, 1.165) is 5.56 Å². The molecule has 1 N–H and O–H groups in total. The van der Waals surface area contributed by atoms with E-state index in [0.29, 0.717) is 4.90 Å². The summed E-state index contributed by atoms with van der Waals surface area (Å²) >= 11 is 0. The summed E-state index contributed by atoms with van der Waals surface area (Å²) in [6.07, 6.45) is 0. The van der Waals surface area contributed by atoms with Crippen LogP contribution in [0.5, 0.6) is 0 Å². The average molecular weight is 312 g/mol. The standard InChI is InChI=1S/C16H28N2O2S/c1-12(17-6)14-8-10-15(11-9-14)21(19,20)18(7)13(2)16(3,4)5/h8-13,17H,1-7H3. The van der Waals surface area contributed by atoms with E-state index in [1.807, 2.05) is 53.8 Å². The van der Waals surface area contributed by atoms with Gasteiger partial charge in [0.15, 0.2) is 0 Å². The monoisotopic (exact) mass is 312 g/mol. The number of sulfonamides is 1. The predicted octanol–water partition coefficient (Wildman–Crippen LogP) is 3.02. The molecule has 1 rings (SSSR count). The zero-order valence-corrected chi connectivity index (χ0v) is 15.0. The average Bonchev–Trinajstić information content (AvgIpc) is 2.43. The molecule has 0 heterocycles. The van der Waals surface area contributed by atoms with Gasteiger partial charge in [0.05, 0.1) is 4.90 Å². The fourth-order valence-corrected chi connectivity index (χ4v) is 3.56. The Balaban J connectivity index is 3.08. The molecular formula is C16H28N2O2S. The van der Waals surface area contributed by atoms with Crippen LogP contribution in [0.25, 0.3) is 0 Å². The van der Waals surface area contributed by atoms with E-state index in [9.17, 15) is 8.42 Å². The summed E-state index contributed by atoms with van der Waals surface area (Å²) in [5.41, 5.74) is 0.963. The van der Waals surface area contributed by atoms with E-state index in [4.69, 9.17) is 0 Å². The summed E-state index contributed by atoms with van der Waals surface area (Å²) in [6.45, 7) is 10.1. The number of benzene rings is 1. The highest BCUT2D eigenvalue weighted by atomic mass is 32.2. The van der Waals surface area contributed by atoms with Crippen LogP contribution in [-0.4, -0.2) is 32.9 Å². The molecule has 0 spiro atoms. The summed E-state index contributed by atoms with van der Waals surface area (Å²) in [5, 5.41) is 3.14. The fourth-order valence-electron chi connectivity index (χ4n) is 2.01. The Kier molecular flexibility index (Phi) is 5.58. The first-order chi connectivity index (χ1) is 9.51. The van der Waals surface area contributed by atoms with Crippen LogP contribution in [0.4, 0.5) is 0 Å². The topological polar surface area (TPSA) is 49.4 Å². The zero-order chi connectivity index (χ0) is 16.4. The highest BCUT2D eigenvalue weighted by Gasteiger charge is 2.32. The lowest BCUT2D eigenvalue weighted by atomic mass is 9.88. The molecule has 0 radical (unpaired) electrons. The van der Waals surface area contributed by atoms with Crippen LogP contribution in [0.1, 0.15) is 46.2 Å². The second kappa shape index (κ2) is 6.46. The highest BCUT2D eigenvalue weighted by molar-refractivity contribution is 7.89. The van der Waals surface area contributed by atoms with Gasteiger partial charge in [0.2, 0.25) is 10.0 Å². The molecule has 4 nitrogen and oxygen atoms in total. The van der Waals surface area contributed by atoms with Gasteiger partial charge < -0.3 is 5.32 Å². The van der Waals surface area contributed by atoms with Gasteiger partial charge in [0.25, 0.3) is 0 Å². The normalized spacial score (nSPS) is 16.0. The van der Waals surface area contributed by atoms with Crippen LogP contribution in [0.3, 0.4) is 0 Å². The lowest BCUT2D eigenvalue weighted by Gasteiger charge is -2.34. The van der Waals surface area contributed by atoms with Crippen molar-refractivity contribution < 1.29 is 8.42 Å². The molecule has 0 bridgehead atoms. The van der Waals surface area contributed by atoms with E-state index in [2.05, 4.69) is 5.32 Å². The Bertz CT molecular complexity index is 559. The molecule has 5 heteroatoms. The maximum Gasteiger partial charge on any atom is 0.243 e. The van der Waals surface area contributed by atoms with Gasteiger partial charge >= 0.3 is 0 Å². The first kappa shape index (κ1) is 18.1. The molecule has 120 valence electrons. The lowest BCUT2D eigenvalue weighted by Crippen LogP contribution is -2.42. The summed E-state index contributed by atoms with van der Waals surface area (Å²) in [5.74, 6) is 0. The summed E-state index contributed by atoms with van der Waals surface area (Å²) in [7, 11) is 0.0736. The van der Waals surface area contributed by atoms with Crippen LogP contribution in [0.2, 0.25) is 0 Å². The van der Waals surface area contributed by atoms with Crippen LogP contribution >= 0.6 is 0 Å². The smallest absolute Gasteiger partial charge is 0.243 e. The van der Waals surface area contributed by atoms with Gasteiger partial charge in [-0.3, -0.25) is 0 Å². The Morgan fingerprint density at radius 3 is 1.95 bits per heavy atom. The van der Waals surface area contributed by atoms with E-state index in [-0.39, 0.29) is 17.5 Å². The quantitative estimate of drug-likeness (QED) is 0.909. The molecule has 0 fully saturated rings. The van der Waals surface area contributed by atoms with Gasteiger partial charge in [-0.1, -0.05) is 32.9 Å². The van der Waals surface area contributed by atoms with E-state index < -0.39 is 10.0 Å². The summed E-state index contributed by atoms with van der Waals surface area (Å²) in [4.78, 5) is 0.341. The number of hydrogen-bond acceptors (Lipinski definition) is 3. The summed E-state index contributed by atoms with van der Waals surface area (Å²) in [6, 6.07) is 7.22. The van der Waals surface area contributed by atoms with Crippen molar-refractivity contribution in [2.75, 3.05) is 14.1 Å². The second-order valence-corrected chi connectivity index (χ2v) is 8.64. The van der Waals surface area contributed by atoms with Gasteiger partial charge in [0, 0.05) is 19.1 Å². The predicted molar refractivity (Wildman–Crippen MR) is 87.8 cm³/mol. The van der Waals surface area contributed by atoms with E-state index in [1.165, 1.54) is 4.31 Å². The highest BCUT2D eigenvalue weighted by Crippen LogP contribution is 2.28. The molecule has 0 saturated carbocycles. The van der Waals surface area contributed by atoms with Gasteiger partial charge in [-0.15, -0.1) is 0 Å². The van der Waals surface area contributed by atoms with E-state index >= 15 is 0 Å². The summed E-state index contributed by atoms with van der Waals surface area (Å²) < 4.78 is 26.8. The van der Waals surface area contributed by atoms with Gasteiger partial charge in [-0.2, -0.15) is 4.31 Å². The van der Waals surface area contributed by atoms with Crippen molar-refractivity contribution in [2.24, 2.45) is 5.41 Å². The maximum absolute atomic E-state index is 12.7. The molecular weight excluding hydrogens is 284 g/mol. The van der Waals surface area contributed by atoms with Crippen molar-refractivity contribution >= 4 is 10.0 Å². The Morgan fingerprint density at radius 2 is 1.57 bits per heavy atom. The molecule has 0 saturated heterocycles. The van der Waals surface area contributed by atoms with E-state index in [1.54, 1.807) is 19.2 Å². The van der Waals surface area contributed by atoms with Gasteiger partial charge in [-0.05, 0) is 44.0 Å². The molecule has 1 aromatic carbocycles. The Labute approximate surface area is 129 Å². The van der Waals surface area contributed by atoms with Crippen molar-refractivity contribution in [1.29, 1.82) is 0 Å². The molecule has 0 aliphatic rings. The molecule has 0 aliphatic heterocycles. The second-order valence-electron chi connectivity index (χ2n) is 6.64. The van der Waals surface area contributed by atoms with Crippen molar-refractivity contribution in [3.05, 3.63) is 29.8 Å². The minimum absolute atomic E-state index is 0.0848. The zero-order valence-electron chi connectivity index (χ0n) is 14.1. The van der Waals surface area contributed by atoms with Crippen LogP contribution in [0.15, 0.2) is 29.2 Å². The van der Waals surface area contributed by atoms with Crippen LogP contribution in [-0.2, 0) is 10.0 Å². The van der Waals surface area contributed by atoms with Gasteiger partial charge in [0.1, 0.15) is 0 Å². The third-order valence-electron chi connectivity index (χ3n) is 4.29. The first-order valence-corrected chi connectivity index (χ1v) is 8.71. The van der Waals surface area contributed by atoms with Crippen LogP contribution in [0, 0.1) is 5.41 Å². The number of rotatable bonds is 5. The number of hydrogen-bond donors (Lipinski definition) is 1. The number of nitrogens with one attached hydrogen (secondary N) is 1. The van der Waals surface area contributed by atoms with Crippen molar-refractivity contribution in [3.63, 3.8) is 0 Å². The van der Waals surface area contributed by atoms with Crippen molar-refractivity contribution in [1.82, 2.24) is 9.62 Å². The molecule has 21 heavy (non-hydrogen) atoms. The largest absolute Gasteiger partial charge is 0.313 e. The molecule has 1 aromatic rings. The van der Waals surface area contributed by atoms with Crippen molar-refractivity contribution in [2.45, 2.75) is 51.6 Å². The van der Waals surface area contributed by atoms with Crippen LogP contribution < -0.4 is 5.32 Å². The lowest BCUT2D eigenvalue weighted by molar-refractivity contribution is 0.216. The minimum Gasteiger partial charge on any atom is -0.313 e. The Hall–Kier alpha value is -0.910. The molecule has 0 aliphatic carbocycles. The molecule has 2 unspecified atom stereocenters. The molecule has 0 amide bonds.